The van der Waals surface area contributed by atoms with Crippen LogP contribution in [-0.2, 0) is 11.2 Å². The summed E-state index contributed by atoms with van der Waals surface area (Å²) in [7, 11) is 0. The molecule has 0 radical (unpaired) electrons. The van der Waals surface area contributed by atoms with Gasteiger partial charge in [0.1, 0.15) is 0 Å². The van der Waals surface area contributed by atoms with Crippen LogP contribution in [0.2, 0.25) is 0 Å². The van der Waals surface area contributed by atoms with E-state index < -0.39 is 0 Å². The fourth-order valence-electron chi connectivity index (χ4n) is 2.72. The van der Waals surface area contributed by atoms with Gasteiger partial charge in [0.25, 0.3) is 0 Å². The molecule has 0 aliphatic heterocycles. The molecule has 0 atom stereocenters. The molecule has 0 aromatic heterocycles. The molecule has 0 aliphatic rings. The smallest absolute Gasteiger partial charge is 0.244 e. The maximum atomic E-state index is 12.2. The molecule has 0 heterocycles. The molecular formula is C22H33NO2S. The average molecular weight is 376 g/mol. The van der Waals surface area contributed by atoms with Crippen molar-refractivity contribution in [1.82, 2.24) is 5.32 Å². The number of nitrogens with one attached hydrogen (secondary N) is 1. The minimum absolute atomic E-state index is 0.169. The average Bonchev–Trinajstić information content (AvgIpc) is 2.64. The van der Waals surface area contributed by atoms with E-state index in [2.05, 4.69) is 31.8 Å². The van der Waals surface area contributed by atoms with Crippen molar-refractivity contribution in [3.63, 3.8) is 0 Å². The number of hydrogen-bond acceptors (Lipinski definition) is 3. The summed E-state index contributed by atoms with van der Waals surface area (Å²) in [5.74, 6) is -0.380. The standard InChI is InChI=1S/C22H33NO2S/c1-3-5-7-8-9-10-16-23-22(25)15-14-20(24)19-13-12-18(11-6-4-2)21(26)17-19/h12-15,17,26H,3-11,16H2,1-2H3,(H,23,25). The number of carbonyl (C=O) groups is 2. The van der Waals surface area contributed by atoms with Crippen molar-refractivity contribution in [2.24, 2.45) is 0 Å². The fraction of sp³-hybridized carbons (Fsp3) is 0.545. The second kappa shape index (κ2) is 13.6. The van der Waals surface area contributed by atoms with Gasteiger partial charge in [-0.15, -0.1) is 12.6 Å². The van der Waals surface area contributed by atoms with Gasteiger partial charge in [-0.25, -0.2) is 0 Å². The molecule has 3 nitrogen and oxygen atoms in total. The van der Waals surface area contributed by atoms with Crippen LogP contribution >= 0.6 is 12.6 Å². The SMILES string of the molecule is CCCCCCCCNC(=O)C=CC(=O)c1ccc(CCCC)c(S)c1. The molecule has 1 aromatic rings. The molecule has 0 aliphatic carbocycles. The van der Waals surface area contributed by atoms with E-state index in [-0.39, 0.29) is 11.7 Å². The highest BCUT2D eigenvalue weighted by atomic mass is 32.1. The van der Waals surface area contributed by atoms with E-state index in [1.54, 1.807) is 6.07 Å². The van der Waals surface area contributed by atoms with Crippen molar-refractivity contribution in [3.8, 4) is 0 Å². The lowest BCUT2D eigenvalue weighted by Crippen LogP contribution is -2.22. The summed E-state index contributed by atoms with van der Waals surface area (Å²) in [5, 5.41) is 2.83. The summed E-state index contributed by atoms with van der Waals surface area (Å²) in [5.41, 5.74) is 1.72. The van der Waals surface area contributed by atoms with Crippen LogP contribution in [0.1, 0.15) is 81.1 Å². The summed E-state index contributed by atoms with van der Waals surface area (Å²) in [6.07, 6.45) is 13.0. The number of amides is 1. The first-order valence-electron chi connectivity index (χ1n) is 9.90. The number of carbonyl (C=O) groups excluding carboxylic acids is 2. The van der Waals surface area contributed by atoms with E-state index >= 15 is 0 Å². The molecule has 1 rings (SSSR count). The van der Waals surface area contributed by atoms with Crippen LogP contribution in [0.25, 0.3) is 0 Å². The predicted octanol–water partition coefficient (Wildman–Crippen LogP) is 5.53. The van der Waals surface area contributed by atoms with Crippen molar-refractivity contribution >= 4 is 24.3 Å². The number of rotatable bonds is 13. The highest BCUT2D eigenvalue weighted by Gasteiger charge is 2.06. The zero-order valence-electron chi connectivity index (χ0n) is 16.2. The molecule has 1 N–H and O–H groups in total. The zero-order valence-corrected chi connectivity index (χ0v) is 17.1. The van der Waals surface area contributed by atoms with Crippen LogP contribution in [-0.4, -0.2) is 18.2 Å². The fourth-order valence-corrected chi connectivity index (χ4v) is 3.04. The van der Waals surface area contributed by atoms with Gasteiger partial charge in [0.15, 0.2) is 5.78 Å². The van der Waals surface area contributed by atoms with Crippen LogP contribution in [0.15, 0.2) is 35.2 Å². The van der Waals surface area contributed by atoms with Crippen LogP contribution < -0.4 is 5.32 Å². The van der Waals surface area contributed by atoms with E-state index in [4.69, 9.17) is 0 Å². The first-order chi connectivity index (χ1) is 12.6. The molecule has 0 saturated carbocycles. The van der Waals surface area contributed by atoms with Gasteiger partial charge in [0.2, 0.25) is 5.91 Å². The van der Waals surface area contributed by atoms with Crippen LogP contribution in [0, 0.1) is 0 Å². The molecule has 26 heavy (non-hydrogen) atoms. The molecule has 1 amide bonds. The third-order valence-electron chi connectivity index (χ3n) is 4.39. The number of allylic oxidation sites excluding steroid dienone is 1. The second-order valence-electron chi connectivity index (χ2n) is 6.70. The Morgan fingerprint density at radius 2 is 1.65 bits per heavy atom. The lowest BCUT2D eigenvalue weighted by molar-refractivity contribution is -0.116. The van der Waals surface area contributed by atoms with E-state index in [0.29, 0.717) is 12.1 Å². The summed E-state index contributed by atoms with van der Waals surface area (Å²) >= 11 is 4.48. The first kappa shape index (κ1) is 22.5. The lowest BCUT2D eigenvalue weighted by Gasteiger charge is -2.06. The monoisotopic (exact) mass is 375 g/mol. The largest absolute Gasteiger partial charge is 0.353 e. The lowest BCUT2D eigenvalue weighted by atomic mass is 10.0. The predicted molar refractivity (Wildman–Crippen MR) is 112 cm³/mol. The highest BCUT2D eigenvalue weighted by Crippen LogP contribution is 2.19. The Kier molecular flexibility index (Phi) is 11.8. The van der Waals surface area contributed by atoms with Gasteiger partial charge < -0.3 is 5.32 Å². The van der Waals surface area contributed by atoms with Gasteiger partial charge in [-0.05, 0) is 37.0 Å². The molecule has 1 aromatic carbocycles. The molecule has 0 saturated heterocycles. The summed E-state index contributed by atoms with van der Waals surface area (Å²) in [4.78, 5) is 24.8. The molecule has 144 valence electrons. The van der Waals surface area contributed by atoms with Gasteiger partial charge in [0, 0.05) is 23.1 Å². The summed E-state index contributed by atoms with van der Waals surface area (Å²) in [6.45, 7) is 5.01. The van der Waals surface area contributed by atoms with Crippen LogP contribution in [0.5, 0.6) is 0 Å². The normalized spacial score (nSPS) is 11.0. The number of hydrogen-bond donors (Lipinski definition) is 2. The Bertz CT molecular complexity index is 596. The third kappa shape index (κ3) is 9.23. The molecule has 0 bridgehead atoms. The minimum Gasteiger partial charge on any atom is -0.353 e. The molecule has 0 spiro atoms. The Hall–Kier alpha value is -1.55. The minimum atomic E-state index is -0.211. The second-order valence-corrected chi connectivity index (χ2v) is 7.19. The van der Waals surface area contributed by atoms with E-state index in [1.165, 1.54) is 37.8 Å². The Balaban J connectivity index is 2.37. The van der Waals surface area contributed by atoms with Crippen LogP contribution in [0.4, 0.5) is 0 Å². The van der Waals surface area contributed by atoms with Gasteiger partial charge in [0.05, 0.1) is 0 Å². The topological polar surface area (TPSA) is 46.2 Å². The van der Waals surface area contributed by atoms with Crippen molar-refractivity contribution in [1.29, 1.82) is 0 Å². The number of unbranched alkanes of at least 4 members (excludes halogenated alkanes) is 6. The van der Waals surface area contributed by atoms with Gasteiger partial charge in [-0.1, -0.05) is 64.5 Å². The van der Waals surface area contributed by atoms with Gasteiger partial charge in [-0.3, -0.25) is 9.59 Å². The number of ketones is 1. The molecule has 0 unspecified atom stereocenters. The number of benzene rings is 1. The zero-order chi connectivity index (χ0) is 19.2. The van der Waals surface area contributed by atoms with Gasteiger partial charge in [-0.2, -0.15) is 0 Å². The first-order valence-corrected chi connectivity index (χ1v) is 10.3. The van der Waals surface area contributed by atoms with Crippen molar-refractivity contribution in [2.45, 2.75) is 76.5 Å². The van der Waals surface area contributed by atoms with E-state index in [1.807, 2.05) is 12.1 Å². The maximum Gasteiger partial charge on any atom is 0.244 e. The Morgan fingerprint density at radius 3 is 2.35 bits per heavy atom. The van der Waals surface area contributed by atoms with Crippen LogP contribution in [0.3, 0.4) is 0 Å². The van der Waals surface area contributed by atoms with Crippen molar-refractivity contribution < 1.29 is 9.59 Å². The third-order valence-corrected chi connectivity index (χ3v) is 4.80. The highest BCUT2D eigenvalue weighted by molar-refractivity contribution is 7.80. The number of aryl methyl sites for hydroxylation is 1. The van der Waals surface area contributed by atoms with Crippen molar-refractivity contribution in [3.05, 3.63) is 41.5 Å². The molecule has 0 fully saturated rings. The summed E-state index contributed by atoms with van der Waals surface area (Å²) in [6, 6.07) is 5.55. The van der Waals surface area contributed by atoms with E-state index in [9.17, 15) is 9.59 Å². The Labute approximate surface area is 164 Å². The van der Waals surface area contributed by atoms with Crippen molar-refractivity contribution in [2.75, 3.05) is 6.54 Å². The molecule has 4 heteroatoms. The van der Waals surface area contributed by atoms with E-state index in [0.717, 1.165) is 42.6 Å². The Morgan fingerprint density at radius 1 is 0.962 bits per heavy atom. The van der Waals surface area contributed by atoms with Gasteiger partial charge >= 0.3 is 0 Å². The number of thiol groups is 1. The molecular weight excluding hydrogens is 342 g/mol. The quantitative estimate of drug-likeness (QED) is 0.206. The summed E-state index contributed by atoms with van der Waals surface area (Å²) < 4.78 is 0. The maximum absolute atomic E-state index is 12.2.